The SMILES string of the molecule is CC1(CNC(=O)[C@H](N)Cc2ccccc2)CCCCC1. The van der Waals surface area contributed by atoms with Gasteiger partial charge in [-0.2, -0.15) is 0 Å². The molecule has 110 valence electrons. The van der Waals surface area contributed by atoms with E-state index in [1.165, 1.54) is 32.1 Å². The van der Waals surface area contributed by atoms with Crippen molar-refractivity contribution < 1.29 is 4.79 Å². The average Bonchev–Trinajstić information content (AvgIpc) is 2.46. The third-order valence-electron chi connectivity index (χ3n) is 4.39. The second-order valence-electron chi connectivity index (χ2n) is 6.39. The summed E-state index contributed by atoms with van der Waals surface area (Å²) in [5.41, 5.74) is 7.37. The van der Waals surface area contributed by atoms with E-state index in [-0.39, 0.29) is 11.3 Å². The monoisotopic (exact) mass is 274 g/mol. The van der Waals surface area contributed by atoms with Gasteiger partial charge in [0, 0.05) is 6.54 Å². The Bertz CT molecular complexity index is 424. The molecule has 0 saturated heterocycles. The molecule has 0 aliphatic heterocycles. The van der Waals surface area contributed by atoms with Crippen molar-refractivity contribution in [1.82, 2.24) is 5.32 Å². The van der Waals surface area contributed by atoms with Crippen LogP contribution in [0.1, 0.15) is 44.6 Å². The lowest BCUT2D eigenvalue weighted by Crippen LogP contribution is -2.46. The molecule has 0 aromatic heterocycles. The summed E-state index contributed by atoms with van der Waals surface area (Å²) in [5, 5.41) is 3.05. The molecule has 1 fully saturated rings. The van der Waals surface area contributed by atoms with Crippen LogP contribution < -0.4 is 11.1 Å². The predicted molar refractivity (Wildman–Crippen MR) is 82.3 cm³/mol. The third kappa shape index (κ3) is 4.34. The Balaban J connectivity index is 1.79. The van der Waals surface area contributed by atoms with Gasteiger partial charge in [0.15, 0.2) is 0 Å². The molecule has 3 heteroatoms. The Hall–Kier alpha value is -1.35. The Morgan fingerprint density at radius 2 is 1.90 bits per heavy atom. The van der Waals surface area contributed by atoms with E-state index in [1.54, 1.807) is 0 Å². The second-order valence-corrected chi connectivity index (χ2v) is 6.39. The molecule has 1 aromatic carbocycles. The first-order valence-corrected chi connectivity index (χ1v) is 7.66. The highest BCUT2D eigenvalue weighted by atomic mass is 16.2. The Kier molecular flexibility index (Phi) is 5.18. The van der Waals surface area contributed by atoms with E-state index in [9.17, 15) is 4.79 Å². The van der Waals surface area contributed by atoms with Crippen molar-refractivity contribution >= 4 is 5.91 Å². The molecule has 1 amide bonds. The van der Waals surface area contributed by atoms with Crippen molar-refractivity contribution in [2.24, 2.45) is 11.1 Å². The molecule has 0 heterocycles. The minimum absolute atomic E-state index is 0.0272. The number of hydrogen-bond donors (Lipinski definition) is 2. The van der Waals surface area contributed by atoms with Crippen LogP contribution >= 0.6 is 0 Å². The molecule has 1 atom stereocenters. The van der Waals surface area contributed by atoms with Crippen LogP contribution in [0.4, 0.5) is 0 Å². The average molecular weight is 274 g/mol. The highest BCUT2D eigenvalue weighted by molar-refractivity contribution is 5.81. The topological polar surface area (TPSA) is 55.1 Å². The van der Waals surface area contributed by atoms with Gasteiger partial charge in [-0.05, 0) is 30.2 Å². The van der Waals surface area contributed by atoms with E-state index in [0.29, 0.717) is 6.42 Å². The van der Waals surface area contributed by atoms with Crippen LogP contribution in [0.25, 0.3) is 0 Å². The highest BCUT2D eigenvalue weighted by Crippen LogP contribution is 2.34. The molecule has 0 spiro atoms. The minimum atomic E-state index is -0.454. The molecule has 20 heavy (non-hydrogen) atoms. The van der Waals surface area contributed by atoms with Gasteiger partial charge in [-0.1, -0.05) is 56.5 Å². The summed E-state index contributed by atoms with van der Waals surface area (Å²) >= 11 is 0. The van der Waals surface area contributed by atoms with Crippen LogP contribution in [-0.2, 0) is 11.2 Å². The van der Waals surface area contributed by atoms with Crippen LogP contribution in [0.3, 0.4) is 0 Å². The van der Waals surface area contributed by atoms with Gasteiger partial charge < -0.3 is 11.1 Å². The van der Waals surface area contributed by atoms with E-state index in [2.05, 4.69) is 12.2 Å². The summed E-state index contributed by atoms with van der Waals surface area (Å²) in [7, 11) is 0. The van der Waals surface area contributed by atoms with Crippen LogP contribution in [-0.4, -0.2) is 18.5 Å². The number of rotatable bonds is 5. The Morgan fingerprint density at radius 1 is 1.25 bits per heavy atom. The fourth-order valence-electron chi connectivity index (χ4n) is 2.97. The van der Waals surface area contributed by atoms with E-state index in [0.717, 1.165) is 12.1 Å². The summed E-state index contributed by atoms with van der Waals surface area (Å²) < 4.78 is 0. The van der Waals surface area contributed by atoms with Gasteiger partial charge in [0.2, 0.25) is 5.91 Å². The molecular formula is C17H26N2O. The van der Waals surface area contributed by atoms with Crippen LogP contribution in [0.15, 0.2) is 30.3 Å². The molecule has 1 aliphatic rings. The first-order valence-electron chi connectivity index (χ1n) is 7.66. The molecule has 3 nitrogen and oxygen atoms in total. The third-order valence-corrected chi connectivity index (χ3v) is 4.39. The normalized spacial score (nSPS) is 19.3. The van der Waals surface area contributed by atoms with Gasteiger partial charge in [0.25, 0.3) is 0 Å². The van der Waals surface area contributed by atoms with Crippen molar-refractivity contribution in [3.8, 4) is 0 Å². The van der Waals surface area contributed by atoms with Crippen molar-refractivity contribution in [1.29, 1.82) is 0 Å². The Morgan fingerprint density at radius 3 is 2.55 bits per heavy atom. The number of carbonyl (C=O) groups excluding carboxylic acids is 1. The van der Waals surface area contributed by atoms with Gasteiger partial charge in [-0.3, -0.25) is 4.79 Å². The Labute approximate surface area is 121 Å². The summed E-state index contributed by atoms with van der Waals surface area (Å²) in [4.78, 5) is 12.1. The van der Waals surface area contributed by atoms with E-state index < -0.39 is 6.04 Å². The first kappa shape index (κ1) is 15.0. The van der Waals surface area contributed by atoms with Crippen LogP contribution in [0, 0.1) is 5.41 Å². The fourth-order valence-corrected chi connectivity index (χ4v) is 2.97. The maximum absolute atomic E-state index is 12.1. The van der Waals surface area contributed by atoms with Gasteiger partial charge in [0.05, 0.1) is 6.04 Å². The maximum Gasteiger partial charge on any atom is 0.237 e. The van der Waals surface area contributed by atoms with Gasteiger partial charge in [-0.25, -0.2) is 0 Å². The number of hydrogen-bond acceptors (Lipinski definition) is 2. The first-order chi connectivity index (χ1) is 9.59. The molecule has 0 unspecified atom stereocenters. The molecule has 1 aliphatic carbocycles. The van der Waals surface area contributed by atoms with Crippen molar-refractivity contribution in [3.05, 3.63) is 35.9 Å². The van der Waals surface area contributed by atoms with E-state index >= 15 is 0 Å². The maximum atomic E-state index is 12.1. The lowest BCUT2D eigenvalue weighted by molar-refractivity contribution is -0.122. The van der Waals surface area contributed by atoms with Gasteiger partial charge >= 0.3 is 0 Å². The van der Waals surface area contributed by atoms with Crippen molar-refractivity contribution in [2.45, 2.75) is 51.5 Å². The molecule has 1 saturated carbocycles. The molecule has 3 N–H and O–H groups in total. The molecule has 0 radical (unpaired) electrons. The molecular weight excluding hydrogens is 248 g/mol. The minimum Gasteiger partial charge on any atom is -0.354 e. The number of nitrogens with one attached hydrogen (secondary N) is 1. The largest absolute Gasteiger partial charge is 0.354 e. The molecule has 1 aromatic rings. The zero-order valence-electron chi connectivity index (χ0n) is 12.4. The lowest BCUT2D eigenvalue weighted by Gasteiger charge is -2.34. The summed E-state index contributed by atoms with van der Waals surface area (Å²) in [6.45, 7) is 3.03. The quantitative estimate of drug-likeness (QED) is 0.867. The lowest BCUT2D eigenvalue weighted by atomic mass is 9.76. The number of nitrogens with two attached hydrogens (primary N) is 1. The smallest absolute Gasteiger partial charge is 0.237 e. The summed E-state index contributed by atoms with van der Waals surface area (Å²) in [6, 6.07) is 9.49. The van der Waals surface area contributed by atoms with Crippen molar-refractivity contribution in [3.63, 3.8) is 0 Å². The van der Waals surface area contributed by atoms with Gasteiger partial charge in [-0.15, -0.1) is 0 Å². The second kappa shape index (κ2) is 6.89. The highest BCUT2D eigenvalue weighted by Gasteiger charge is 2.27. The molecule has 2 rings (SSSR count). The number of amides is 1. The van der Waals surface area contributed by atoms with E-state index in [1.807, 2.05) is 30.3 Å². The van der Waals surface area contributed by atoms with Crippen LogP contribution in [0.2, 0.25) is 0 Å². The van der Waals surface area contributed by atoms with Crippen molar-refractivity contribution in [2.75, 3.05) is 6.54 Å². The zero-order chi connectivity index (χ0) is 14.4. The van der Waals surface area contributed by atoms with Gasteiger partial charge in [0.1, 0.15) is 0 Å². The predicted octanol–water partition coefficient (Wildman–Crippen LogP) is 2.64. The summed E-state index contributed by atoms with van der Waals surface area (Å²) in [5.74, 6) is -0.0272. The fraction of sp³-hybridized carbons (Fsp3) is 0.588. The number of carbonyl (C=O) groups is 1. The van der Waals surface area contributed by atoms with E-state index in [4.69, 9.17) is 5.73 Å². The standard InChI is InChI=1S/C17H26N2O/c1-17(10-6-3-7-11-17)13-19-16(20)15(18)12-14-8-4-2-5-9-14/h2,4-5,8-9,15H,3,6-7,10-13,18H2,1H3,(H,19,20)/t15-/m1/s1. The zero-order valence-corrected chi connectivity index (χ0v) is 12.4. The number of benzene rings is 1. The van der Waals surface area contributed by atoms with Crippen LogP contribution in [0.5, 0.6) is 0 Å². The summed E-state index contributed by atoms with van der Waals surface area (Å²) in [6.07, 6.45) is 6.91. The molecule has 0 bridgehead atoms.